The van der Waals surface area contributed by atoms with Gasteiger partial charge in [0.15, 0.2) is 0 Å². The number of allylic oxidation sites excluding steroid dienone is 4. The molecule has 0 aromatic heterocycles. The van der Waals surface area contributed by atoms with Crippen molar-refractivity contribution in [2.45, 2.75) is 12.8 Å². The summed E-state index contributed by atoms with van der Waals surface area (Å²) in [5, 5.41) is 0. The summed E-state index contributed by atoms with van der Waals surface area (Å²) in [6.07, 6.45) is 7.18. The van der Waals surface area contributed by atoms with Gasteiger partial charge in [0.05, 0.1) is 0 Å². The summed E-state index contributed by atoms with van der Waals surface area (Å²) in [4.78, 5) is 0. The zero-order valence-corrected chi connectivity index (χ0v) is 14.4. The maximum atomic E-state index is 2.48. The molecule has 2 aliphatic heterocycles. The van der Waals surface area contributed by atoms with Gasteiger partial charge in [0.25, 0.3) is 0 Å². The minimum absolute atomic E-state index is 0.495. The summed E-state index contributed by atoms with van der Waals surface area (Å²) in [5.74, 6) is 0. The van der Waals surface area contributed by atoms with Crippen LogP contribution in [0, 0.1) is 0 Å². The van der Waals surface area contributed by atoms with E-state index in [-0.39, 0.29) is 0 Å². The van der Waals surface area contributed by atoms with Crippen molar-refractivity contribution in [3.63, 3.8) is 0 Å². The van der Waals surface area contributed by atoms with Crippen molar-refractivity contribution >= 4 is 38.8 Å². The Morgan fingerprint density at radius 1 is 0.600 bits per heavy atom. The Balaban J connectivity index is 1.62. The molecular formula is C18H14Se2. The van der Waals surface area contributed by atoms with Gasteiger partial charge in [0, 0.05) is 0 Å². The quantitative estimate of drug-likeness (QED) is 0.656. The van der Waals surface area contributed by atoms with Gasteiger partial charge in [0.2, 0.25) is 0 Å². The monoisotopic (exact) mass is 390 g/mol. The molecule has 2 heteroatoms. The molecule has 0 radical (unpaired) electrons. The second kappa shape index (κ2) is 5.39. The molecule has 2 aromatic carbocycles. The van der Waals surface area contributed by atoms with Crippen LogP contribution in [0.3, 0.4) is 0 Å². The van der Waals surface area contributed by atoms with Crippen molar-refractivity contribution < 1.29 is 0 Å². The molecule has 0 atom stereocenters. The number of rotatable bonds is 1. The molecule has 0 fully saturated rings. The van der Waals surface area contributed by atoms with Crippen molar-refractivity contribution in [2.24, 2.45) is 0 Å². The zero-order chi connectivity index (χ0) is 13.4. The first kappa shape index (κ1) is 12.7. The predicted octanol–water partition coefficient (Wildman–Crippen LogP) is 1.93. The van der Waals surface area contributed by atoms with Crippen LogP contribution in [-0.2, 0) is 12.8 Å². The average Bonchev–Trinajstić information content (AvgIpc) is 2.54. The topological polar surface area (TPSA) is 0 Å². The van der Waals surface area contributed by atoms with Crippen molar-refractivity contribution in [3.8, 4) is 0 Å². The van der Waals surface area contributed by atoms with Crippen molar-refractivity contribution in [1.29, 1.82) is 0 Å². The van der Waals surface area contributed by atoms with E-state index in [1.54, 1.807) is 17.9 Å². The van der Waals surface area contributed by atoms with Crippen LogP contribution in [0.15, 0.2) is 69.6 Å². The second-order valence-electron chi connectivity index (χ2n) is 4.96. The molecule has 0 unspecified atom stereocenters. The van der Waals surface area contributed by atoms with Gasteiger partial charge >= 0.3 is 132 Å². The van der Waals surface area contributed by atoms with E-state index in [0.717, 1.165) is 12.8 Å². The van der Waals surface area contributed by atoms with Gasteiger partial charge in [-0.05, 0) is 0 Å². The van der Waals surface area contributed by atoms with Crippen LogP contribution in [0.4, 0.5) is 0 Å². The Labute approximate surface area is 132 Å². The molecule has 0 aliphatic carbocycles. The van der Waals surface area contributed by atoms with Gasteiger partial charge in [-0.15, -0.1) is 0 Å². The van der Waals surface area contributed by atoms with Crippen molar-refractivity contribution in [2.75, 3.05) is 0 Å². The summed E-state index contributed by atoms with van der Waals surface area (Å²) in [7, 11) is 0. The van der Waals surface area contributed by atoms with E-state index in [1.807, 2.05) is 0 Å². The predicted molar refractivity (Wildman–Crippen MR) is 87.2 cm³/mol. The van der Waals surface area contributed by atoms with Gasteiger partial charge in [0.1, 0.15) is 0 Å². The Bertz CT molecular complexity index is 662. The van der Waals surface area contributed by atoms with Crippen LogP contribution >= 0.6 is 0 Å². The first-order valence-corrected chi connectivity index (χ1v) is 10.2. The normalized spacial score (nSPS) is 16.8. The maximum absolute atomic E-state index is 2.48. The van der Waals surface area contributed by atoms with E-state index in [1.165, 1.54) is 11.1 Å². The molecule has 0 bridgehead atoms. The van der Waals surface area contributed by atoms with Crippen LogP contribution in [0.2, 0.25) is 0 Å². The fraction of sp³-hybridized carbons (Fsp3) is 0.111. The van der Waals surface area contributed by atoms with Crippen LogP contribution in [0.5, 0.6) is 0 Å². The molecular weight excluding hydrogens is 374 g/mol. The van der Waals surface area contributed by atoms with Gasteiger partial charge in [-0.2, -0.15) is 0 Å². The van der Waals surface area contributed by atoms with Gasteiger partial charge < -0.3 is 0 Å². The first-order valence-electron chi connectivity index (χ1n) is 6.82. The summed E-state index contributed by atoms with van der Waals surface area (Å²) < 4.78 is 6.41. The molecule has 0 saturated carbocycles. The Kier molecular flexibility index (Phi) is 3.42. The van der Waals surface area contributed by atoms with Gasteiger partial charge in [-0.1, -0.05) is 0 Å². The molecule has 4 rings (SSSR count). The molecule has 2 aromatic rings. The molecule has 0 N–H and O–H groups in total. The third kappa shape index (κ3) is 2.34. The van der Waals surface area contributed by atoms with Crippen LogP contribution < -0.4 is 8.92 Å². The van der Waals surface area contributed by atoms with Crippen LogP contribution in [0.1, 0.15) is 11.1 Å². The summed E-state index contributed by atoms with van der Waals surface area (Å²) in [5.41, 5.74) is 3.06. The first-order chi connectivity index (χ1) is 9.90. The Hall–Kier alpha value is -1.04. The SMILES string of the molecule is C1=C(C2=CCc3ccccc3[Se]2)[Se]c2ccccc2C1. The van der Waals surface area contributed by atoms with Gasteiger partial charge in [-0.25, -0.2) is 0 Å². The van der Waals surface area contributed by atoms with E-state index in [4.69, 9.17) is 0 Å². The van der Waals surface area contributed by atoms with Crippen LogP contribution in [0.25, 0.3) is 0 Å². The summed E-state index contributed by atoms with van der Waals surface area (Å²) in [6, 6.07) is 17.9. The molecule has 20 heavy (non-hydrogen) atoms. The van der Waals surface area contributed by atoms with E-state index < -0.39 is 0 Å². The van der Waals surface area contributed by atoms with Crippen LogP contribution in [-0.4, -0.2) is 29.9 Å². The number of benzene rings is 2. The molecule has 0 saturated heterocycles. The van der Waals surface area contributed by atoms with Crippen molar-refractivity contribution in [1.82, 2.24) is 0 Å². The average molecular weight is 388 g/mol. The Morgan fingerprint density at radius 2 is 1.05 bits per heavy atom. The van der Waals surface area contributed by atoms with Gasteiger partial charge in [-0.3, -0.25) is 0 Å². The van der Waals surface area contributed by atoms with E-state index in [2.05, 4.69) is 60.7 Å². The third-order valence-corrected chi connectivity index (χ3v) is 9.44. The van der Waals surface area contributed by atoms with E-state index >= 15 is 0 Å². The summed E-state index contributed by atoms with van der Waals surface area (Å²) in [6.45, 7) is 0. The number of hydrogen-bond acceptors (Lipinski definition) is 0. The third-order valence-electron chi connectivity index (χ3n) is 3.64. The van der Waals surface area contributed by atoms with Crippen molar-refractivity contribution in [3.05, 3.63) is 80.8 Å². The van der Waals surface area contributed by atoms with E-state index in [9.17, 15) is 0 Å². The molecule has 0 amide bonds. The molecule has 2 heterocycles. The standard InChI is InChI=1S/C18H14Se2/c1-3-7-15-13(5-1)9-11-17(19-15)18-12-10-14-6-2-4-8-16(14)20-18/h1-8,11-12H,9-10H2. The summed E-state index contributed by atoms with van der Waals surface area (Å²) >= 11 is 0.990. The molecule has 2 aliphatic rings. The molecule has 98 valence electrons. The number of hydrogen-bond donors (Lipinski definition) is 0. The van der Waals surface area contributed by atoms with E-state index in [0.29, 0.717) is 29.9 Å². The number of fused-ring (bicyclic) bond motifs is 2. The molecule has 0 nitrogen and oxygen atoms in total. The fourth-order valence-electron chi connectivity index (χ4n) is 2.57. The fourth-order valence-corrected chi connectivity index (χ4v) is 7.75. The Morgan fingerprint density at radius 3 is 1.55 bits per heavy atom. The minimum atomic E-state index is 0.495. The second-order valence-corrected chi connectivity index (χ2v) is 9.51. The zero-order valence-electron chi connectivity index (χ0n) is 11.0. The molecule has 0 spiro atoms.